The van der Waals surface area contributed by atoms with E-state index in [1.807, 2.05) is 23.0 Å². The molecule has 1 aliphatic carbocycles. The smallest absolute Gasteiger partial charge is 0.248 e. The number of aryl methyl sites for hydroxylation is 2. The summed E-state index contributed by atoms with van der Waals surface area (Å²) in [5.74, 6) is 0. The van der Waals surface area contributed by atoms with Gasteiger partial charge in [0.2, 0.25) is 5.56 Å². The van der Waals surface area contributed by atoms with Gasteiger partial charge in [-0.3, -0.25) is 9.48 Å². The Balaban J connectivity index is 1.55. The summed E-state index contributed by atoms with van der Waals surface area (Å²) >= 11 is 0. The topological polar surface area (TPSA) is 62.7 Å². The number of fused-ring (bicyclic) bond motifs is 1. The highest BCUT2D eigenvalue weighted by atomic mass is 16.1. The Kier molecular flexibility index (Phi) is 3.97. The standard InChI is InChI=1S/C15H20N4O/c20-15-7-6-12-13(4-1-5-14(12)18-15)16-8-2-10-19-11-3-9-17-19/h3,6-7,9,11,13,16H,1-2,4-5,8,10H2,(H,18,20). The van der Waals surface area contributed by atoms with Gasteiger partial charge in [0.25, 0.3) is 0 Å². The van der Waals surface area contributed by atoms with Crippen LogP contribution in [0.15, 0.2) is 35.4 Å². The summed E-state index contributed by atoms with van der Waals surface area (Å²) in [4.78, 5) is 14.3. The van der Waals surface area contributed by atoms with Gasteiger partial charge in [0.1, 0.15) is 0 Å². The minimum Gasteiger partial charge on any atom is -0.326 e. The molecule has 20 heavy (non-hydrogen) atoms. The van der Waals surface area contributed by atoms with E-state index in [4.69, 9.17) is 0 Å². The van der Waals surface area contributed by atoms with Crippen molar-refractivity contribution >= 4 is 0 Å². The summed E-state index contributed by atoms with van der Waals surface area (Å²) in [5.41, 5.74) is 2.37. The van der Waals surface area contributed by atoms with Crippen molar-refractivity contribution in [2.75, 3.05) is 6.54 Å². The number of aromatic nitrogens is 3. The fourth-order valence-electron chi connectivity index (χ4n) is 2.86. The van der Waals surface area contributed by atoms with Crippen LogP contribution in [-0.2, 0) is 13.0 Å². The van der Waals surface area contributed by atoms with Crippen LogP contribution in [0.25, 0.3) is 0 Å². The molecule has 1 unspecified atom stereocenters. The van der Waals surface area contributed by atoms with Crippen LogP contribution in [0.4, 0.5) is 0 Å². The zero-order valence-corrected chi connectivity index (χ0v) is 11.5. The summed E-state index contributed by atoms with van der Waals surface area (Å²) in [6, 6.07) is 5.91. The highest BCUT2D eigenvalue weighted by Gasteiger charge is 2.19. The van der Waals surface area contributed by atoms with E-state index in [0.29, 0.717) is 6.04 Å². The minimum atomic E-state index is 0.00285. The van der Waals surface area contributed by atoms with Crippen molar-refractivity contribution in [2.24, 2.45) is 0 Å². The number of pyridine rings is 1. The maximum absolute atomic E-state index is 11.4. The molecule has 5 nitrogen and oxygen atoms in total. The van der Waals surface area contributed by atoms with Gasteiger partial charge in [-0.2, -0.15) is 5.10 Å². The highest BCUT2D eigenvalue weighted by molar-refractivity contribution is 5.26. The number of H-pyrrole nitrogens is 1. The van der Waals surface area contributed by atoms with Gasteiger partial charge in [0.05, 0.1) is 0 Å². The number of hydrogen-bond acceptors (Lipinski definition) is 3. The third-order valence-electron chi connectivity index (χ3n) is 3.85. The summed E-state index contributed by atoms with van der Waals surface area (Å²) < 4.78 is 1.95. The van der Waals surface area contributed by atoms with Crippen LogP contribution in [0.2, 0.25) is 0 Å². The van der Waals surface area contributed by atoms with Gasteiger partial charge in [0, 0.05) is 36.7 Å². The largest absolute Gasteiger partial charge is 0.326 e. The van der Waals surface area contributed by atoms with Crippen LogP contribution in [0.1, 0.15) is 36.6 Å². The summed E-state index contributed by atoms with van der Waals surface area (Å²) in [6.07, 6.45) is 8.10. The van der Waals surface area contributed by atoms with Gasteiger partial charge in [-0.25, -0.2) is 0 Å². The predicted octanol–water partition coefficient (Wildman–Crippen LogP) is 1.63. The van der Waals surface area contributed by atoms with Gasteiger partial charge in [-0.15, -0.1) is 0 Å². The first kappa shape index (κ1) is 13.1. The lowest BCUT2D eigenvalue weighted by Gasteiger charge is -2.26. The molecule has 106 valence electrons. The molecule has 2 N–H and O–H groups in total. The van der Waals surface area contributed by atoms with E-state index >= 15 is 0 Å². The van der Waals surface area contributed by atoms with Crippen molar-refractivity contribution in [3.05, 3.63) is 52.2 Å². The second-order valence-corrected chi connectivity index (χ2v) is 5.28. The van der Waals surface area contributed by atoms with Crippen molar-refractivity contribution in [1.29, 1.82) is 0 Å². The Morgan fingerprint density at radius 1 is 1.45 bits per heavy atom. The Labute approximate surface area is 118 Å². The molecular formula is C15H20N4O. The molecule has 1 aliphatic rings. The van der Waals surface area contributed by atoms with Gasteiger partial charge < -0.3 is 10.3 Å². The molecule has 0 fully saturated rings. The van der Waals surface area contributed by atoms with E-state index in [0.717, 1.165) is 44.5 Å². The average molecular weight is 272 g/mol. The van der Waals surface area contributed by atoms with Crippen molar-refractivity contribution in [3.63, 3.8) is 0 Å². The lowest BCUT2D eigenvalue weighted by molar-refractivity contribution is 0.436. The molecule has 0 amide bonds. The molecule has 2 aromatic heterocycles. The van der Waals surface area contributed by atoms with Gasteiger partial charge >= 0.3 is 0 Å². The maximum atomic E-state index is 11.4. The Bertz CT molecular complexity index is 603. The molecule has 0 aromatic carbocycles. The third kappa shape index (κ3) is 2.99. The monoisotopic (exact) mass is 272 g/mol. The highest BCUT2D eigenvalue weighted by Crippen LogP contribution is 2.27. The van der Waals surface area contributed by atoms with E-state index in [2.05, 4.69) is 15.4 Å². The van der Waals surface area contributed by atoms with Crippen molar-refractivity contribution < 1.29 is 0 Å². The Hall–Kier alpha value is -1.88. The number of hydrogen-bond donors (Lipinski definition) is 2. The molecule has 2 heterocycles. The van der Waals surface area contributed by atoms with Crippen LogP contribution in [0, 0.1) is 0 Å². The fourth-order valence-corrected chi connectivity index (χ4v) is 2.86. The zero-order valence-electron chi connectivity index (χ0n) is 11.5. The molecule has 0 saturated heterocycles. The lowest BCUT2D eigenvalue weighted by atomic mass is 9.91. The second-order valence-electron chi connectivity index (χ2n) is 5.28. The number of nitrogens with zero attached hydrogens (tertiary/aromatic N) is 2. The molecule has 0 bridgehead atoms. The molecular weight excluding hydrogens is 252 g/mol. The van der Waals surface area contributed by atoms with E-state index < -0.39 is 0 Å². The molecule has 0 radical (unpaired) electrons. The van der Waals surface area contributed by atoms with Crippen molar-refractivity contribution in [1.82, 2.24) is 20.1 Å². The van der Waals surface area contributed by atoms with Crippen molar-refractivity contribution in [2.45, 2.75) is 38.3 Å². The summed E-state index contributed by atoms with van der Waals surface area (Å²) in [7, 11) is 0. The fraction of sp³-hybridized carbons (Fsp3) is 0.467. The molecule has 0 saturated carbocycles. The first-order chi connectivity index (χ1) is 9.83. The maximum Gasteiger partial charge on any atom is 0.248 e. The Morgan fingerprint density at radius 2 is 2.40 bits per heavy atom. The quantitative estimate of drug-likeness (QED) is 0.813. The average Bonchev–Trinajstić information content (AvgIpc) is 2.96. The predicted molar refractivity (Wildman–Crippen MR) is 77.6 cm³/mol. The molecule has 5 heteroatoms. The number of rotatable bonds is 5. The molecule has 3 rings (SSSR count). The molecule has 0 spiro atoms. The van der Waals surface area contributed by atoms with Gasteiger partial charge in [-0.05, 0) is 43.9 Å². The minimum absolute atomic E-state index is 0.00285. The number of aromatic amines is 1. The Morgan fingerprint density at radius 3 is 3.25 bits per heavy atom. The van der Waals surface area contributed by atoms with Crippen LogP contribution in [0.3, 0.4) is 0 Å². The van der Waals surface area contributed by atoms with Crippen LogP contribution < -0.4 is 10.9 Å². The first-order valence-electron chi connectivity index (χ1n) is 7.26. The molecule has 2 aromatic rings. The van der Waals surface area contributed by atoms with E-state index in [1.54, 1.807) is 12.3 Å². The second kappa shape index (κ2) is 6.05. The lowest BCUT2D eigenvalue weighted by Crippen LogP contribution is -2.28. The molecule has 1 atom stereocenters. The summed E-state index contributed by atoms with van der Waals surface area (Å²) in [5, 5.41) is 7.79. The van der Waals surface area contributed by atoms with E-state index in [1.165, 1.54) is 5.56 Å². The van der Waals surface area contributed by atoms with E-state index in [9.17, 15) is 4.79 Å². The first-order valence-corrected chi connectivity index (χ1v) is 7.26. The van der Waals surface area contributed by atoms with E-state index in [-0.39, 0.29) is 5.56 Å². The SMILES string of the molecule is O=c1ccc2c([nH]1)CCCC2NCCCn1cccn1. The van der Waals surface area contributed by atoms with Crippen LogP contribution >= 0.6 is 0 Å². The summed E-state index contributed by atoms with van der Waals surface area (Å²) in [6.45, 7) is 1.90. The van der Waals surface area contributed by atoms with Crippen LogP contribution in [0.5, 0.6) is 0 Å². The molecule has 0 aliphatic heterocycles. The third-order valence-corrected chi connectivity index (χ3v) is 3.85. The van der Waals surface area contributed by atoms with Crippen LogP contribution in [-0.4, -0.2) is 21.3 Å². The van der Waals surface area contributed by atoms with Crippen molar-refractivity contribution in [3.8, 4) is 0 Å². The normalized spacial score (nSPS) is 17.9. The van der Waals surface area contributed by atoms with Gasteiger partial charge in [0.15, 0.2) is 0 Å². The number of nitrogens with one attached hydrogen (secondary N) is 2. The zero-order chi connectivity index (χ0) is 13.8. The van der Waals surface area contributed by atoms with Gasteiger partial charge in [-0.1, -0.05) is 6.07 Å².